The lowest BCUT2D eigenvalue weighted by Gasteiger charge is -2.08. The van der Waals surface area contributed by atoms with E-state index in [9.17, 15) is 13.2 Å². The van der Waals surface area contributed by atoms with Gasteiger partial charge in [-0.1, -0.05) is 6.07 Å². The van der Waals surface area contributed by atoms with E-state index in [0.717, 1.165) is 6.26 Å². The van der Waals surface area contributed by atoms with Gasteiger partial charge in [-0.2, -0.15) is 5.10 Å². The van der Waals surface area contributed by atoms with Crippen LogP contribution in [0.25, 0.3) is 0 Å². The second kappa shape index (κ2) is 5.09. The van der Waals surface area contributed by atoms with Crippen molar-refractivity contribution in [3.05, 3.63) is 41.7 Å². The zero-order chi connectivity index (χ0) is 14.9. The molecule has 0 atom stereocenters. The summed E-state index contributed by atoms with van der Waals surface area (Å²) in [5, 5.41) is 6.63. The first-order valence-electron chi connectivity index (χ1n) is 5.88. The molecule has 0 aliphatic carbocycles. The number of benzene rings is 1. The molecule has 0 saturated heterocycles. The predicted molar refractivity (Wildman–Crippen MR) is 75.5 cm³/mol. The molecule has 0 radical (unpaired) electrons. The van der Waals surface area contributed by atoms with Crippen molar-refractivity contribution in [1.29, 1.82) is 0 Å². The highest BCUT2D eigenvalue weighted by Gasteiger charge is 2.15. The maximum atomic E-state index is 12.2. The second-order valence-electron chi connectivity index (χ2n) is 4.61. The summed E-state index contributed by atoms with van der Waals surface area (Å²) in [4.78, 5) is 12.3. The van der Waals surface area contributed by atoms with E-state index in [2.05, 4.69) is 10.4 Å². The van der Waals surface area contributed by atoms with Gasteiger partial charge in [0.15, 0.2) is 9.84 Å². The SMILES string of the molecule is Cc1ccc(S(C)(=O)=O)cc1C(=O)Nc1cnn(C)c1. The summed E-state index contributed by atoms with van der Waals surface area (Å²) in [5.41, 5.74) is 1.59. The molecule has 2 aromatic rings. The molecule has 0 spiro atoms. The van der Waals surface area contributed by atoms with Crippen LogP contribution in [-0.4, -0.2) is 30.4 Å². The van der Waals surface area contributed by atoms with Crippen LogP contribution in [0.4, 0.5) is 5.69 Å². The Bertz CT molecular complexity index is 763. The van der Waals surface area contributed by atoms with E-state index in [0.29, 0.717) is 16.8 Å². The van der Waals surface area contributed by atoms with E-state index in [1.807, 2.05) is 0 Å². The standard InChI is InChI=1S/C13H15N3O3S/c1-9-4-5-11(20(3,18)19)6-12(9)13(17)15-10-7-14-16(2)8-10/h4-8H,1-3H3,(H,15,17). The zero-order valence-corrected chi connectivity index (χ0v) is 12.2. The Morgan fingerprint density at radius 1 is 1.35 bits per heavy atom. The largest absolute Gasteiger partial charge is 0.319 e. The lowest BCUT2D eigenvalue weighted by molar-refractivity contribution is 0.102. The molecule has 20 heavy (non-hydrogen) atoms. The Hall–Kier alpha value is -2.15. The molecular weight excluding hydrogens is 278 g/mol. The van der Waals surface area contributed by atoms with Crippen LogP contribution in [0, 0.1) is 6.92 Å². The Kier molecular flexibility index (Phi) is 3.63. The summed E-state index contributed by atoms with van der Waals surface area (Å²) in [5.74, 6) is -0.360. The minimum atomic E-state index is -3.34. The number of carbonyl (C=O) groups is 1. The fraction of sp³-hybridized carbons (Fsp3) is 0.231. The number of carbonyl (C=O) groups excluding carboxylic acids is 1. The molecule has 0 aliphatic heterocycles. The monoisotopic (exact) mass is 293 g/mol. The van der Waals surface area contributed by atoms with Crippen molar-refractivity contribution < 1.29 is 13.2 Å². The van der Waals surface area contributed by atoms with Gasteiger partial charge in [-0.05, 0) is 24.6 Å². The molecule has 1 N–H and O–H groups in total. The van der Waals surface area contributed by atoms with E-state index >= 15 is 0 Å². The normalized spacial score (nSPS) is 11.3. The van der Waals surface area contributed by atoms with Crippen LogP contribution in [0.5, 0.6) is 0 Å². The Morgan fingerprint density at radius 2 is 2.05 bits per heavy atom. The zero-order valence-electron chi connectivity index (χ0n) is 11.4. The third-order valence-electron chi connectivity index (χ3n) is 2.84. The van der Waals surface area contributed by atoms with Crippen LogP contribution >= 0.6 is 0 Å². The van der Waals surface area contributed by atoms with E-state index in [4.69, 9.17) is 0 Å². The summed E-state index contributed by atoms with van der Waals surface area (Å²) >= 11 is 0. The molecule has 1 heterocycles. The fourth-order valence-electron chi connectivity index (χ4n) is 1.76. The number of nitrogens with one attached hydrogen (secondary N) is 1. The Balaban J connectivity index is 2.34. The number of aromatic nitrogens is 2. The smallest absolute Gasteiger partial charge is 0.256 e. The average Bonchev–Trinajstić information content (AvgIpc) is 2.73. The number of sulfone groups is 1. The molecule has 1 aromatic heterocycles. The number of aryl methyl sites for hydroxylation is 2. The highest BCUT2D eigenvalue weighted by atomic mass is 32.2. The summed E-state index contributed by atoms with van der Waals surface area (Å²) in [6, 6.07) is 4.50. The molecule has 0 aliphatic rings. The van der Waals surface area contributed by atoms with Crippen molar-refractivity contribution in [2.45, 2.75) is 11.8 Å². The van der Waals surface area contributed by atoms with Crippen molar-refractivity contribution >= 4 is 21.4 Å². The lowest BCUT2D eigenvalue weighted by atomic mass is 10.1. The molecule has 0 unspecified atom stereocenters. The number of nitrogens with zero attached hydrogens (tertiary/aromatic N) is 2. The Labute approximate surface area is 117 Å². The minimum Gasteiger partial charge on any atom is -0.319 e. The van der Waals surface area contributed by atoms with Gasteiger partial charge in [-0.3, -0.25) is 9.48 Å². The van der Waals surface area contributed by atoms with Crippen LogP contribution in [0.1, 0.15) is 15.9 Å². The van der Waals surface area contributed by atoms with Crippen molar-refractivity contribution in [3.63, 3.8) is 0 Å². The van der Waals surface area contributed by atoms with Crippen molar-refractivity contribution in [3.8, 4) is 0 Å². The van der Waals surface area contributed by atoms with Crippen LogP contribution in [0.3, 0.4) is 0 Å². The van der Waals surface area contributed by atoms with Crippen molar-refractivity contribution in [1.82, 2.24) is 9.78 Å². The van der Waals surface area contributed by atoms with Crippen LogP contribution in [0.15, 0.2) is 35.5 Å². The van der Waals surface area contributed by atoms with Crippen LogP contribution in [-0.2, 0) is 16.9 Å². The van der Waals surface area contributed by atoms with Crippen LogP contribution < -0.4 is 5.32 Å². The van der Waals surface area contributed by atoms with Crippen molar-refractivity contribution in [2.75, 3.05) is 11.6 Å². The molecule has 0 fully saturated rings. The molecular formula is C13H15N3O3S. The number of hydrogen-bond donors (Lipinski definition) is 1. The van der Waals surface area contributed by atoms with Gasteiger partial charge >= 0.3 is 0 Å². The third-order valence-corrected chi connectivity index (χ3v) is 3.95. The van der Waals surface area contributed by atoms with Gasteiger partial charge in [0.25, 0.3) is 5.91 Å². The summed E-state index contributed by atoms with van der Waals surface area (Å²) in [6.45, 7) is 1.75. The van der Waals surface area contributed by atoms with Crippen molar-refractivity contribution in [2.24, 2.45) is 7.05 Å². The number of hydrogen-bond acceptors (Lipinski definition) is 4. The van der Waals surface area contributed by atoms with E-state index in [1.54, 1.807) is 30.9 Å². The lowest BCUT2D eigenvalue weighted by Crippen LogP contribution is -2.14. The highest BCUT2D eigenvalue weighted by molar-refractivity contribution is 7.90. The van der Waals surface area contributed by atoms with Crippen LogP contribution in [0.2, 0.25) is 0 Å². The summed E-state index contributed by atoms with van der Waals surface area (Å²) in [6.07, 6.45) is 4.29. The number of amides is 1. The molecule has 1 amide bonds. The predicted octanol–water partition coefficient (Wildman–Crippen LogP) is 1.38. The second-order valence-corrected chi connectivity index (χ2v) is 6.62. The molecule has 2 rings (SSSR count). The molecule has 0 saturated carbocycles. The number of rotatable bonds is 3. The van der Waals surface area contributed by atoms with Gasteiger partial charge < -0.3 is 5.32 Å². The van der Waals surface area contributed by atoms with Gasteiger partial charge in [0.05, 0.1) is 16.8 Å². The van der Waals surface area contributed by atoms with E-state index < -0.39 is 9.84 Å². The molecule has 0 bridgehead atoms. The van der Waals surface area contributed by atoms with Gasteiger partial charge in [0.1, 0.15) is 0 Å². The third kappa shape index (κ3) is 3.05. The first kappa shape index (κ1) is 14.3. The average molecular weight is 293 g/mol. The van der Waals surface area contributed by atoms with Gasteiger partial charge in [0, 0.05) is 25.1 Å². The van der Waals surface area contributed by atoms with E-state index in [1.165, 1.54) is 18.3 Å². The van der Waals surface area contributed by atoms with E-state index in [-0.39, 0.29) is 10.8 Å². The summed E-state index contributed by atoms with van der Waals surface area (Å²) < 4.78 is 24.6. The first-order valence-corrected chi connectivity index (χ1v) is 7.77. The maximum Gasteiger partial charge on any atom is 0.256 e. The fourth-order valence-corrected chi connectivity index (χ4v) is 2.41. The maximum absolute atomic E-state index is 12.2. The molecule has 106 valence electrons. The highest BCUT2D eigenvalue weighted by Crippen LogP contribution is 2.17. The van der Waals surface area contributed by atoms with Gasteiger partial charge in [-0.25, -0.2) is 8.42 Å². The molecule has 1 aromatic carbocycles. The minimum absolute atomic E-state index is 0.124. The van der Waals surface area contributed by atoms with Gasteiger partial charge in [0.2, 0.25) is 0 Å². The Morgan fingerprint density at radius 3 is 2.60 bits per heavy atom. The summed E-state index contributed by atoms with van der Waals surface area (Å²) in [7, 11) is -1.60. The van der Waals surface area contributed by atoms with Gasteiger partial charge in [-0.15, -0.1) is 0 Å². The number of anilines is 1. The first-order chi connectivity index (χ1) is 9.27. The molecule has 6 nitrogen and oxygen atoms in total. The topological polar surface area (TPSA) is 81.1 Å². The molecule has 7 heteroatoms. The quantitative estimate of drug-likeness (QED) is 0.927.